The topological polar surface area (TPSA) is 32.3 Å². The van der Waals surface area contributed by atoms with Gasteiger partial charge >= 0.3 is 6.03 Å². The standard InChI is InChI=1S/C23H40N2O/c1-3-5-7-9-11-16-20-25(21-17-12-10-8-6-4-2)23(26)24-22-18-14-13-15-19-22/h13-15,18-19H,3-12,16-17,20-21H2,1-2H3,(H,24,26). The molecule has 0 saturated heterocycles. The second-order valence-electron chi connectivity index (χ2n) is 7.32. The number of nitrogens with zero attached hydrogens (tertiary/aromatic N) is 1. The van der Waals surface area contributed by atoms with E-state index >= 15 is 0 Å². The molecule has 0 aliphatic carbocycles. The van der Waals surface area contributed by atoms with E-state index in [1.54, 1.807) is 0 Å². The molecule has 0 atom stereocenters. The van der Waals surface area contributed by atoms with Crippen LogP contribution >= 0.6 is 0 Å². The number of nitrogens with one attached hydrogen (secondary N) is 1. The predicted octanol–water partition coefficient (Wildman–Crippen LogP) is 7.24. The van der Waals surface area contributed by atoms with E-state index in [4.69, 9.17) is 0 Å². The second-order valence-corrected chi connectivity index (χ2v) is 7.32. The minimum absolute atomic E-state index is 0.0540. The number of amides is 2. The molecule has 1 aromatic carbocycles. The van der Waals surface area contributed by atoms with Crippen LogP contribution in [-0.2, 0) is 0 Å². The van der Waals surface area contributed by atoms with Crippen LogP contribution in [0.3, 0.4) is 0 Å². The lowest BCUT2D eigenvalue weighted by molar-refractivity contribution is 0.209. The molecule has 0 bridgehead atoms. The summed E-state index contributed by atoms with van der Waals surface area (Å²) in [5, 5.41) is 3.05. The number of para-hydroxylation sites is 1. The molecule has 0 aliphatic rings. The number of carbonyl (C=O) groups excluding carboxylic acids is 1. The van der Waals surface area contributed by atoms with Gasteiger partial charge in [0.1, 0.15) is 0 Å². The van der Waals surface area contributed by atoms with Gasteiger partial charge in [0.25, 0.3) is 0 Å². The zero-order chi connectivity index (χ0) is 18.9. The van der Waals surface area contributed by atoms with E-state index in [0.29, 0.717) is 0 Å². The summed E-state index contributed by atoms with van der Waals surface area (Å²) >= 11 is 0. The molecule has 0 heterocycles. The van der Waals surface area contributed by atoms with Crippen molar-refractivity contribution < 1.29 is 4.79 Å². The molecule has 3 nitrogen and oxygen atoms in total. The average molecular weight is 361 g/mol. The molecular formula is C23H40N2O. The number of unbranched alkanes of at least 4 members (excludes halogenated alkanes) is 10. The minimum Gasteiger partial charge on any atom is -0.325 e. The average Bonchev–Trinajstić information content (AvgIpc) is 2.66. The zero-order valence-corrected chi connectivity index (χ0v) is 17.1. The molecule has 1 N–H and O–H groups in total. The van der Waals surface area contributed by atoms with Crippen LogP contribution in [-0.4, -0.2) is 24.0 Å². The van der Waals surface area contributed by atoms with Gasteiger partial charge in [0.2, 0.25) is 0 Å². The largest absolute Gasteiger partial charge is 0.325 e. The molecule has 0 aromatic heterocycles. The minimum atomic E-state index is 0.0540. The fourth-order valence-corrected chi connectivity index (χ4v) is 3.20. The first-order valence-corrected chi connectivity index (χ1v) is 10.9. The number of anilines is 1. The normalized spacial score (nSPS) is 10.7. The molecule has 3 heteroatoms. The second kappa shape index (κ2) is 15.7. The van der Waals surface area contributed by atoms with Crippen molar-refractivity contribution in [1.82, 2.24) is 4.90 Å². The van der Waals surface area contributed by atoms with E-state index in [-0.39, 0.29) is 6.03 Å². The maximum Gasteiger partial charge on any atom is 0.321 e. The van der Waals surface area contributed by atoms with E-state index in [1.807, 2.05) is 35.2 Å². The van der Waals surface area contributed by atoms with Crippen molar-refractivity contribution in [2.75, 3.05) is 18.4 Å². The molecule has 0 aliphatic heterocycles. The van der Waals surface area contributed by atoms with Gasteiger partial charge in [-0.25, -0.2) is 4.79 Å². The first kappa shape index (κ1) is 22.5. The molecular weight excluding hydrogens is 320 g/mol. The zero-order valence-electron chi connectivity index (χ0n) is 17.1. The van der Waals surface area contributed by atoms with Gasteiger partial charge in [-0.1, -0.05) is 96.3 Å². The highest BCUT2D eigenvalue weighted by Crippen LogP contribution is 2.11. The Morgan fingerprint density at radius 3 is 1.69 bits per heavy atom. The molecule has 1 rings (SSSR count). The molecule has 0 spiro atoms. The van der Waals surface area contributed by atoms with Crippen molar-refractivity contribution in [3.8, 4) is 0 Å². The smallest absolute Gasteiger partial charge is 0.321 e. The van der Waals surface area contributed by atoms with Gasteiger partial charge in [-0.05, 0) is 25.0 Å². The lowest BCUT2D eigenvalue weighted by atomic mass is 10.1. The van der Waals surface area contributed by atoms with Crippen molar-refractivity contribution >= 4 is 11.7 Å². The Balaban J connectivity index is 2.36. The van der Waals surface area contributed by atoms with E-state index < -0.39 is 0 Å². The van der Waals surface area contributed by atoms with Crippen molar-refractivity contribution in [3.05, 3.63) is 30.3 Å². The summed E-state index contributed by atoms with van der Waals surface area (Å²) in [5.41, 5.74) is 0.883. The Bertz CT molecular complexity index is 431. The van der Waals surface area contributed by atoms with E-state index in [1.165, 1.54) is 64.2 Å². The maximum atomic E-state index is 12.7. The molecule has 0 saturated carbocycles. The van der Waals surface area contributed by atoms with Crippen LogP contribution in [0.4, 0.5) is 10.5 Å². The Labute approximate surface area is 161 Å². The number of hydrogen-bond donors (Lipinski definition) is 1. The molecule has 0 fully saturated rings. The summed E-state index contributed by atoms with van der Waals surface area (Å²) in [6.45, 7) is 6.24. The van der Waals surface area contributed by atoms with Gasteiger partial charge in [-0.2, -0.15) is 0 Å². The highest BCUT2D eigenvalue weighted by molar-refractivity contribution is 5.89. The van der Waals surface area contributed by atoms with Crippen LogP contribution < -0.4 is 5.32 Å². The Morgan fingerprint density at radius 2 is 1.19 bits per heavy atom. The summed E-state index contributed by atoms with van der Waals surface area (Å²) in [4.78, 5) is 14.7. The van der Waals surface area contributed by atoms with Crippen LogP contribution in [0.25, 0.3) is 0 Å². The van der Waals surface area contributed by atoms with Gasteiger partial charge in [0, 0.05) is 18.8 Å². The van der Waals surface area contributed by atoms with E-state index in [0.717, 1.165) is 31.6 Å². The summed E-state index contributed by atoms with van der Waals surface area (Å²) in [5.74, 6) is 0. The Morgan fingerprint density at radius 1 is 0.731 bits per heavy atom. The lowest BCUT2D eigenvalue weighted by Crippen LogP contribution is -2.36. The first-order valence-electron chi connectivity index (χ1n) is 10.9. The first-order chi connectivity index (χ1) is 12.8. The quantitative estimate of drug-likeness (QED) is 0.328. The number of benzene rings is 1. The summed E-state index contributed by atoms with van der Waals surface area (Å²) in [6.07, 6.45) is 15.1. The van der Waals surface area contributed by atoms with E-state index in [2.05, 4.69) is 19.2 Å². The van der Waals surface area contributed by atoms with Gasteiger partial charge in [0.05, 0.1) is 0 Å². The molecule has 148 valence electrons. The summed E-state index contributed by atoms with van der Waals surface area (Å²) in [7, 11) is 0. The van der Waals surface area contributed by atoms with Gasteiger partial charge in [-0.3, -0.25) is 0 Å². The van der Waals surface area contributed by atoms with Crippen molar-refractivity contribution in [2.45, 2.75) is 90.9 Å². The lowest BCUT2D eigenvalue weighted by Gasteiger charge is -2.23. The fourth-order valence-electron chi connectivity index (χ4n) is 3.20. The monoisotopic (exact) mass is 360 g/mol. The van der Waals surface area contributed by atoms with Crippen molar-refractivity contribution in [3.63, 3.8) is 0 Å². The third-order valence-corrected chi connectivity index (χ3v) is 4.88. The molecule has 1 aromatic rings. The Hall–Kier alpha value is -1.51. The van der Waals surface area contributed by atoms with Crippen molar-refractivity contribution in [1.29, 1.82) is 0 Å². The fraction of sp³-hybridized carbons (Fsp3) is 0.696. The number of urea groups is 1. The van der Waals surface area contributed by atoms with E-state index in [9.17, 15) is 4.79 Å². The van der Waals surface area contributed by atoms with Crippen LogP contribution in [0.2, 0.25) is 0 Å². The van der Waals surface area contributed by atoms with Crippen LogP contribution in [0.15, 0.2) is 30.3 Å². The van der Waals surface area contributed by atoms with Crippen molar-refractivity contribution in [2.24, 2.45) is 0 Å². The molecule has 0 unspecified atom stereocenters. The predicted molar refractivity (Wildman–Crippen MR) is 114 cm³/mol. The van der Waals surface area contributed by atoms with Crippen LogP contribution in [0, 0.1) is 0 Å². The number of carbonyl (C=O) groups is 1. The third kappa shape index (κ3) is 11.2. The van der Waals surface area contributed by atoms with Gasteiger partial charge < -0.3 is 10.2 Å². The molecule has 2 amide bonds. The maximum absolute atomic E-state index is 12.7. The highest BCUT2D eigenvalue weighted by atomic mass is 16.2. The molecule has 0 radical (unpaired) electrons. The Kier molecular flexibility index (Phi) is 13.6. The summed E-state index contributed by atoms with van der Waals surface area (Å²) in [6, 6.07) is 9.85. The SMILES string of the molecule is CCCCCCCCN(CCCCCCCC)C(=O)Nc1ccccc1. The van der Waals surface area contributed by atoms with Crippen LogP contribution in [0.5, 0.6) is 0 Å². The number of hydrogen-bond acceptors (Lipinski definition) is 1. The highest BCUT2D eigenvalue weighted by Gasteiger charge is 2.12. The van der Waals surface area contributed by atoms with Gasteiger partial charge in [0.15, 0.2) is 0 Å². The van der Waals surface area contributed by atoms with Crippen LogP contribution in [0.1, 0.15) is 90.9 Å². The van der Waals surface area contributed by atoms with Gasteiger partial charge in [-0.15, -0.1) is 0 Å². The third-order valence-electron chi connectivity index (χ3n) is 4.88. The molecule has 26 heavy (non-hydrogen) atoms. The number of rotatable bonds is 15. The summed E-state index contributed by atoms with van der Waals surface area (Å²) < 4.78 is 0.